The minimum atomic E-state index is -1.25. The number of benzene rings is 6. The minimum Gasteiger partial charge on any atom is -0.507 e. The van der Waals surface area contributed by atoms with E-state index in [-0.39, 0.29) is 11.5 Å². The summed E-state index contributed by atoms with van der Waals surface area (Å²) >= 11 is 0. The number of hydrogen-bond donors (Lipinski definition) is 2. The van der Waals surface area contributed by atoms with Crippen LogP contribution < -0.4 is 0 Å². The molecule has 0 saturated heterocycles. The molecule has 6 aromatic carbocycles. The van der Waals surface area contributed by atoms with Crippen LogP contribution in [-0.4, -0.2) is 16.2 Å². The predicted molar refractivity (Wildman–Crippen MR) is 139 cm³/mol. The molecule has 1 aliphatic carbocycles. The number of phenolic OH excluding ortho intramolecular Hbond substituents is 2. The van der Waals surface area contributed by atoms with Gasteiger partial charge in [-0.2, -0.15) is 0 Å². The van der Waals surface area contributed by atoms with E-state index in [4.69, 9.17) is 4.74 Å². The van der Waals surface area contributed by atoms with E-state index in [2.05, 4.69) is 0 Å². The van der Waals surface area contributed by atoms with Crippen molar-refractivity contribution in [1.29, 1.82) is 0 Å². The van der Waals surface area contributed by atoms with Crippen molar-refractivity contribution in [2.45, 2.75) is 5.60 Å². The van der Waals surface area contributed by atoms with Crippen molar-refractivity contribution in [3.05, 3.63) is 119 Å². The van der Waals surface area contributed by atoms with Crippen LogP contribution in [0.5, 0.6) is 11.5 Å². The Morgan fingerprint density at radius 2 is 1.11 bits per heavy atom. The maximum atomic E-state index is 13.7. The molecule has 8 rings (SSSR count). The third kappa shape index (κ3) is 2.13. The maximum Gasteiger partial charge on any atom is 0.340 e. The van der Waals surface area contributed by atoms with Crippen molar-refractivity contribution in [2.24, 2.45) is 0 Å². The van der Waals surface area contributed by atoms with Crippen LogP contribution in [-0.2, 0) is 10.3 Å². The average molecular weight is 466 g/mol. The molecule has 1 heterocycles. The van der Waals surface area contributed by atoms with Gasteiger partial charge in [-0.3, -0.25) is 0 Å². The average Bonchev–Trinajstić information content (AvgIpc) is 3.17. The van der Waals surface area contributed by atoms with E-state index in [1.54, 1.807) is 12.1 Å². The lowest BCUT2D eigenvalue weighted by Crippen LogP contribution is -2.37. The Labute approximate surface area is 205 Å². The number of carbonyl (C=O) groups excluding carboxylic acids is 1. The zero-order valence-corrected chi connectivity index (χ0v) is 18.9. The van der Waals surface area contributed by atoms with Crippen molar-refractivity contribution in [3.8, 4) is 22.6 Å². The lowest BCUT2D eigenvalue weighted by molar-refractivity contribution is 0.0149. The van der Waals surface area contributed by atoms with Gasteiger partial charge in [-0.05, 0) is 45.5 Å². The van der Waals surface area contributed by atoms with E-state index >= 15 is 0 Å². The predicted octanol–water partition coefficient (Wildman–Crippen LogP) is 7.00. The highest BCUT2D eigenvalue weighted by atomic mass is 16.6. The molecule has 0 aromatic heterocycles. The third-order valence-electron chi connectivity index (χ3n) is 7.79. The summed E-state index contributed by atoms with van der Waals surface area (Å²) in [7, 11) is 0. The smallest absolute Gasteiger partial charge is 0.340 e. The fourth-order valence-corrected chi connectivity index (χ4v) is 6.45. The molecule has 6 aromatic rings. The normalized spacial score (nSPS) is 14.8. The van der Waals surface area contributed by atoms with Crippen molar-refractivity contribution >= 4 is 38.3 Å². The van der Waals surface area contributed by atoms with Gasteiger partial charge >= 0.3 is 5.97 Å². The van der Waals surface area contributed by atoms with Crippen molar-refractivity contribution in [1.82, 2.24) is 0 Å². The molecule has 0 bridgehead atoms. The Bertz CT molecular complexity index is 1870. The van der Waals surface area contributed by atoms with Crippen LogP contribution in [0.2, 0.25) is 0 Å². The molecule has 1 aliphatic heterocycles. The number of esters is 1. The van der Waals surface area contributed by atoms with Gasteiger partial charge in [0.25, 0.3) is 0 Å². The molecule has 4 nitrogen and oxygen atoms in total. The maximum absolute atomic E-state index is 13.7. The summed E-state index contributed by atoms with van der Waals surface area (Å²) in [6.07, 6.45) is 0. The second-order valence-electron chi connectivity index (χ2n) is 9.51. The SMILES string of the molecule is O=C1OC2(c3c(cc(O)c4ccccc34)-c3cc(O)c4ccccc4c32)c2cccc3cccc1c23. The molecule has 0 amide bonds. The number of carbonyl (C=O) groups is 1. The van der Waals surface area contributed by atoms with E-state index in [1.807, 2.05) is 84.9 Å². The van der Waals surface area contributed by atoms with Gasteiger partial charge in [-0.15, -0.1) is 0 Å². The molecule has 0 saturated carbocycles. The van der Waals surface area contributed by atoms with Gasteiger partial charge in [0.05, 0.1) is 5.56 Å². The molecule has 0 unspecified atom stereocenters. The number of rotatable bonds is 0. The van der Waals surface area contributed by atoms with Crippen LogP contribution in [0.1, 0.15) is 27.0 Å². The van der Waals surface area contributed by atoms with Crippen molar-refractivity contribution in [2.75, 3.05) is 0 Å². The van der Waals surface area contributed by atoms with Gasteiger partial charge < -0.3 is 14.9 Å². The fraction of sp³-hybridized carbons (Fsp3) is 0.0312. The number of phenols is 2. The second-order valence-corrected chi connectivity index (χ2v) is 9.51. The van der Waals surface area contributed by atoms with E-state index in [9.17, 15) is 15.0 Å². The summed E-state index contributed by atoms with van der Waals surface area (Å²) < 4.78 is 6.60. The molecule has 0 radical (unpaired) electrons. The third-order valence-corrected chi connectivity index (χ3v) is 7.79. The van der Waals surface area contributed by atoms with Gasteiger partial charge in [-0.25, -0.2) is 4.79 Å². The summed E-state index contributed by atoms with van der Waals surface area (Å²) in [5.41, 5.74) is 3.25. The summed E-state index contributed by atoms with van der Waals surface area (Å²) in [6, 6.07) is 30.4. The molecular weight excluding hydrogens is 448 g/mol. The highest BCUT2D eigenvalue weighted by Gasteiger charge is 2.54. The monoisotopic (exact) mass is 466 g/mol. The molecule has 36 heavy (non-hydrogen) atoms. The molecule has 4 heteroatoms. The first-order valence-corrected chi connectivity index (χ1v) is 11.9. The van der Waals surface area contributed by atoms with Crippen molar-refractivity contribution < 1.29 is 19.7 Å². The largest absolute Gasteiger partial charge is 0.507 e. The lowest BCUT2D eigenvalue weighted by Gasteiger charge is -2.38. The fourth-order valence-electron chi connectivity index (χ4n) is 6.45. The summed E-state index contributed by atoms with van der Waals surface area (Å²) in [5.74, 6) is -0.117. The number of ether oxygens (including phenoxy) is 1. The van der Waals surface area contributed by atoms with Gasteiger partial charge in [-0.1, -0.05) is 78.9 Å². The Kier molecular flexibility index (Phi) is 3.48. The van der Waals surface area contributed by atoms with Crippen LogP contribution in [0, 0.1) is 0 Å². The molecular formula is C32H18O4. The van der Waals surface area contributed by atoms with Crippen LogP contribution in [0.4, 0.5) is 0 Å². The first-order valence-electron chi connectivity index (χ1n) is 11.9. The topological polar surface area (TPSA) is 66.8 Å². The second kappa shape index (κ2) is 6.43. The molecule has 2 aliphatic rings. The number of fused-ring (bicyclic) bond motifs is 10. The quantitative estimate of drug-likeness (QED) is 0.237. The van der Waals surface area contributed by atoms with Gasteiger partial charge in [0, 0.05) is 32.8 Å². The molecule has 170 valence electrons. The van der Waals surface area contributed by atoms with Crippen LogP contribution in [0.3, 0.4) is 0 Å². The Morgan fingerprint density at radius 3 is 1.69 bits per heavy atom. The molecule has 0 fully saturated rings. The van der Waals surface area contributed by atoms with Crippen molar-refractivity contribution in [3.63, 3.8) is 0 Å². The van der Waals surface area contributed by atoms with E-state index in [0.29, 0.717) is 16.3 Å². The van der Waals surface area contributed by atoms with E-state index in [1.165, 1.54) is 0 Å². The minimum absolute atomic E-state index is 0.140. The Morgan fingerprint density at radius 1 is 0.583 bits per heavy atom. The van der Waals surface area contributed by atoms with Crippen LogP contribution in [0.25, 0.3) is 43.4 Å². The van der Waals surface area contributed by atoms with Crippen LogP contribution >= 0.6 is 0 Å². The lowest BCUT2D eigenvalue weighted by atomic mass is 9.76. The molecule has 1 spiro atoms. The Balaban J connectivity index is 1.69. The highest BCUT2D eigenvalue weighted by molar-refractivity contribution is 6.14. The molecule has 0 atom stereocenters. The first kappa shape index (κ1) is 19.5. The van der Waals surface area contributed by atoms with E-state index in [0.717, 1.165) is 49.4 Å². The highest BCUT2D eigenvalue weighted by Crippen LogP contribution is 2.61. The summed E-state index contributed by atoms with van der Waals surface area (Å²) in [5, 5.41) is 26.8. The zero-order valence-electron chi connectivity index (χ0n) is 18.9. The number of aromatic hydroxyl groups is 2. The molecule has 2 N–H and O–H groups in total. The summed E-state index contributed by atoms with van der Waals surface area (Å²) in [4.78, 5) is 13.7. The zero-order chi connectivity index (χ0) is 24.2. The van der Waals surface area contributed by atoms with Gasteiger partial charge in [0.2, 0.25) is 0 Å². The number of hydrogen-bond acceptors (Lipinski definition) is 4. The van der Waals surface area contributed by atoms with Gasteiger partial charge in [0.1, 0.15) is 11.5 Å². The van der Waals surface area contributed by atoms with Gasteiger partial charge in [0.15, 0.2) is 5.60 Å². The standard InChI is InChI=1S/C32H18O4/c33-26-15-23-24-16-27(34)19-10-2-4-12-21(19)30(24)32(29(23)20-11-3-1-9-18(20)26)25-14-6-8-17-7-5-13-22(28(17)25)31(35)36-32/h1-16,33-34H. The summed E-state index contributed by atoms with van der Waals surface area (Å²) in [6.45, 7) is 0. The van der Waals surface area contributed by atoms with E-state index < -0.39 is 11.6 Å². The van der Waals surface area contributed by atoms with Crippen LogP contribution in [0.15, 0.2) is 97.1 Å². The first-order chi connectivity index (χ1) is 17.6. The Hall–Kier alpha value is -4.83.